The third kappa shape index (κ3) is 3.87. The first-order valence-corrected chi connectivity index (χ1v) is 9.00. The highest BCUT2D eigenvalue weighted by Crippen LogP contribution is 2.19. The van der Waals surface area contributed by atoms with Crippen molar-refractivity contribution in [3.8, 4) is 0 Å². The van der Waals surface area contributed by atoms with Crippen molar-refractivity contribution >= 4 is 45.3 Å². The first-order valence-electron chi connectivity index (χ1n) is 7.24. The van der Waals surface area contributed by atoms with Gasteiger partial charge in [-0.2, -0.15) is 0 Å². The zero-order chi connectivity index (χ0) is 16.9. The summed E-state index contributed by atoms with van der Waals surface area (Å²) in [6.07, 6.45) is 0.191. The van der Waals surface area contributed by atoms with E-state index in [1.54, 1.807) is 23.4 Å². The molecular weight excluding hydrogens is 342 g/mol. The molecule has 3 aromatic rings. The predicted molar refractivity (Wildman–Crippen MR) is 97.9 cm³/mol. The normalized spacial score (nSPS) is 10.4. The number of nitrogens with zero attached hydrogens (tertiary/aromatic N) is 2. The number of benzene rings is 1. The smallest absolute Gasteiger partial charge is 0.267 e. The molecule has 2 heterocycles. The monoisotopic (exact) mass is 357 g/mol. The van der Waals surface area contributed by atoms with Crippen LogP contribution in [0.4, 0.5) is 10.8 Å². The summed E-state index contributed by atoms with van der Waals surface area (Å²) in [5.41, 5.74) is 1.48. The van der Waals surface area contributed by atoms with Gasteiger partial charge in [-0.05, 0) is 23.6 Å². The zero-order valence-corrected chi connectivity index (χ0v) is 14.6. The van der Waals surface area contributed by atoms with Crippen molar-refractivity contribution in [2.24, 2.45) is 0 Å². The van der Waals surface area contributed by atoms with Crippen molar-refractivity contribution in [1.29, 1.82) is 0 Å². The minimum Gasteiger partial charge on any atom is -0.315 e. The van der Waals surface area contributed by atoms with Gasteiger partial charge in [-0.25, -0.2) is 4.98 Å². The maximum absolute atomic E-state index is 12.3. The van der Waals surface area contributed by atoms with Crippen LogP contribution in [0.3, 0.4) is 0 Å². The number of thiazole rings is 1. The average Bonchev–Trinajstić information content (AvgIpc) is 3.27. The molecule has 0 spiro atoms. The van der Waals surface area contributed by atoms with Crippen LogP contribution in [0.1, 0.15) is 15.4 Å². The van der Waals surface area contributed by atoms with Gasteiger partial charge >= 0.3 is 0 Å². The maximum atomic E-state index is 12.3. The van der Waals surface area contributed by atoms with E-state index in [-0.39, 0.29) is 18.2 Å². The molecule has 0 aliphatic rings. The van der Waals surface area contributed by atoms with Gasteiger partial charge in [-0.1, -0.05) is 24.3 Å². The average molecular weight is 357 g/mol. The number of rotatable bonds is 5. The van der Waals surface area contributed by atoms with Gasteiger partial charge in [-0.15, -0.1) is 22.7 Å². The van der Waals surface area contributed by atoms with Crippen molar-refractivity contribution in [3.63, 3.8) is 0 Å². The van der Waals surface area contributed by atoms with Gasteiger partial charge in [0.25, 0.3) is 5.91 Å². The van der Waals surface area contributed by atoms with E-state index in [2.05, 4.69) is 10.3 Å². The second-order valence-corrected chi connectivity index (χ2v) is 6.85. The molecule has 3 rings (SSSR count). The Morgan fingerprint density at radius 3 is 2.62 bits per heavy atom. The SMILES string of the molecule is CN(C(=O)Cc1csc(NC(=O)c2cccs2)n1)c1ccccc1. The van der Waals surface area contributed by atoms with Crippen LogP contribution in [0.2, 0.25) is 0 Å². The summed E-state index contributed by atoms with van der Waals surface area (Å²) in [5.74, 6) is -0.235. The Morgan fingerprint density at radius 2 is 1.92 bits per heavy atom. The Hall–Kier alpha value is -2.51. The summed E-state index contributed by atoms with van der Waals surface area (Å²) < 4.78 is 0. The number of likely N-dealkylation sites (N-methyl/N-ethyl adjacent to an activating group) is 1. The molecule has 24 heavy (non-hydrogen) atoms. The first kappa shape index (κ1) is 16.4. The number of carbonyl (C=O) groups excluding carboxylic acids is 2. The number of para-hydroxylation sites is 1. The van der Waals surface area contributed by atoms with Crippen molar-refractivity contribution in [2.75, 3.05) is 17.3 Å². The Morgan fingerprint density at radius 1 is 1.12 bits per heavy atom. The molecule has 0 radical (unpaired) electrons. The second kappa shape index (κ2) is 7.37. The van der Waals surface area contributed by atoms with E-state index in [0.29, 0.717) is 15.7 Å². The van der Waals surface area contributed by atoms with Crippen LogP contribution >= 0.6 is 22.7 Å². The van der Waals surface area contributed by atoms with Gasteiger partial charge in [0.05, 0.1) is 17.0 Å². The quantitative estimate of drug-likeness (QED) is 0.758. The molecule has 0 atom stereocenters. The molecule has 1 aromatic carbocycles. The fraction of sp³-hybridized carbons (Fsp3) is 0.118. The lowest BCUT2D eigenvalue weighted by atomic mass is 10.2. The lowest BCUT2D eigenvalue weighted by Crippen LogP contribution is -2.27. The van der Waals surface area contributed by atoms with E-state index < -0.39 is 0 Å². The molecule has 0 aliphatic carbocycles. The third-order valence-electron chi connectivity index (χ3n) is 3.37. The molecule has 0 saturated carbocycles. The summed E-state index contributed by atoms with van der Waals surface area (Å²) in [6, 6.07) is 13.0. The summed E-state index contributed by atoms with van der Waals surface area (Å²) in [4.78, 5) is 30.9. The summed E-state index contributed by atoms with van der Waals surface area (Å²) in [7, 11) is 1.74. The molecule has 0 unspecified atom stereocenters. The number of hydrogen-bond donors (Lipinski definition) is 1. The fourth-order valence-electron chi connectivity index (χ4n) is 2.08. The Kier molecular flexibility index (Phi) is 5.02. The van der Waals surface area contributed by atoms with Crippen molar-refractivity contribution in [1.82, 2.24) is 4.98 Å². The van der Waals surface area contributed by atoms with E-state index in [4.69, 9.17) is 0 Å². The summed E-state index contributed by atoms with van der Waals surface area (Å²) in [5, 5.41) is 6.89. The van der Waals surface area contributed by atoms with Gasteiger partial charge in [-0.3, -0.25) is 14.9 Å². The van der Waals surface area contributed by atoms with Crippen LogP contribution in [-0.2, 0) is 11.2 Å². The van der Waals surface area contributed by atoms with Crippen LogP contribution in [0.25, 0.3) is 0 Å². The minimum absolute atomic E-state index is 0.0531. The molecule has 0 aliphatic heterocycles. The lowest BCUT2D eigenvalue weighted by molar-refractivity contribution is -0.117. The standard InChI is InChI=1S/C17H15N3O2S2/c1-20(13-6-3-2-4-7-13)15(21)10-12-11-24-17(18-12)19-16(22)14-8-5-9-23-14/h2-9,11H,10H2,1H3,(H,18,19,22). The van der Waals surface area contributed by atoms with Crippen molar-refractivity contribution in [3.05, 3.63) is 63.8 Å². The number of aromatic nitrogens is 1. The van der Waals surface area contributed by atoms with Crippen LogP contribution in [0.5, 0.6) is 0 Å². The Balaban J connectivity index is 1.61. The highest BCUT2D eigenvalue weighted by atomic mass is 32.1. The Bertz CT molecular complexity index is 829. The molecule has 0 fully saturated rings. The molecule has 0 saturated heterocycles. The molecule has 7 heteroatoms. The number of nitrogens with one attached hydrogen (secondary N) is 1. The molecule has 0 bridgehead atoms. The van der Waals surface area contributed by atoms with E-state index in [0.717, 1.165) is 5.69 Å². The van der Waals surface area contributed by atoms with E-state index in [9.17, 15) is 9.59 Å². The van der Waals surface area contributed by atoms with Crippen molar-refractivity contribution in [2.45, 2.75) is 6.42 Å². The predicted octanol–water partition coefficient (Wildman–Crippen LogP) is 3.66. The van der Waals surface area contributed by atoms with Crippen LogP contribution < -0.4 is 10.2 Å². The molecule has 2 aromatic heterocycles. The topological polar surface area (TPSA) is 62.3 Å². The van der Waals surface area contributed by atoms with E-state index in [1.807, 2.05) is 41.8 Å². The number of carbonyl (C=O) groups is 2. The highest BCUT2D eigenvalue weighted by molar-refractivity contribution is 7.14. The van der Waals surface area contributed by atoms with Crippen molar-refractivity contribution < 1.29 is 9.59 Å². The van der Waals surface area contributed by atoms with Gasteiger partial charge in [0.2, 0.25) is 5.91 Å². The third-order valence-corrected chi connectivity index (χ3v) is 5.04. The highest BCUT2D eigenvalue weighted by Gasteiger charge is 2.15. The number of amides is 2. The minimum atomic E-state index is -0.182. The van der Waals surface area contributed by atoms with Gasteiger partial charge in [0.1, 0.15) is 0 Å². The van der Waals surface area contributed by atoms with Gasteiger partial charge in [0.15, 0.2) is 5.13 Å². The van der Waals surface area contributed by atoms with Crippen LogP contribution in [0, 0.1) is 0 Å². The molecule has 5 nitrogen and oxygen atoms in total. The molecular formula is C17H15N3O2S2. The van der Waals surface area contributed by atoms with E-state index in [1.165, 1.54) is 22.7 Å². The number of anilines is 2. The van der Waals surface area contributed by atoms with Gasteiger partial charge in [0, 0.05) is 18.1 Å². The van der Waals surface area contributed by atoms with Crippen LogP contribution in [0.15, 0.2) is 53.2 Å². The van der Waals surface area contributed by atoms with E-state index >= 15 is 0 Å². The summed E-state index contributed by atoms with van der Waals surface area (Å²) in [6.45, 7) is 0. The molecule has 1 N–H and O–H groups in total. The van der Waals surface area contributed by atoms with Crippen LogP contribution in [-0.4, -0.2) is 23.8 Å². The second-order valence-electron chi connectivity index (χ2n) is 5.04. The Labute approximate surface area is 147 Å². The van der Waals surface area contributed by atoms with Gasteiger partial charge < -0.3 is 4.90 Å². The number of thiophene rings is 1. The maximum Gasteiger partial charge on any atom is 0.267 e. The fourth-order valence-corrected chi connectivity index (χ4v) is 3.41. The number of hydrogen-bond acceptors (Lipinski definition) is 5. The molecule has 2 amide bonds. The lowest BCUT2D eigenvalue weighted by Gasteiger charge is -2.16. The zero-order valence-electron chi connectivity index (χ0n) is 12.9. The summed E-state index contributed by atoms with van der Waals surface area (Å²) >= 11 is 2.69. The first-order chi connectivity index (χ1) is 11.6. The largest absolute Gasteiger partial charge is 0.315 e. The molecule has 122 valence electrons.